The molecule has 0 spiro atoms. The second kappa shape index (κ2) is 8.16. The van der Waals surface area contributed by atoms with Crippen molar-refractivity contribution in [3.05, 3.63) is 30.1 Å². The number of β-amino-alcohol motifs (C(OH)–C–C–N with tert-alkyl or cyclic N) is 1. The predicted octanol–water partition coefficient (Wildman–Crippen LogP) is 0.692. The van der Waals surface area contributed by atoms with Crippen molar-refractivity contribution in [3.63, 3.8) is 0 Å². The molecule has 7 heteroatoms. The molecule has 0 bridgehead atoms. The van der Waals surface area contributed by atoms with Gasteiger partial charge in [0.2, 0.25) is 0 Å². The number of hydrogen-bond acceptors (Lipinski definition) is 6. The van der Waals surface area contributed by atoms with Crippen LogP contribution >= 0.6 is 11.6 Å². The van der Waals surface area contributed by atoms with Crippen LogP contribution < -0.4 is 0 Å². The monoisotopic (exact) mass is 299 g/mol. The molecule has 0 saturated carbocycles. The van der Waals surface area contributed by atoms with Gasteiger partial charge in [0.1, 0.15) is 12.7 Å². The molecule has 0 aliphatic carbocycles. The highest BCUT2D eigenvalue weighted by atomic mass is 35.5. The summed E-state index contributed by atoms with van der Waals surface area (Å²) in [5, 5.41) is 13.8. The molecule has 1 aromatic heterocycles. The number of ether oxygens (including phenoxy) is 1. The normalized spacial score (nSPS) is 18.8. The summed E-state index contributed by atoms with van der Waals surface area (Å²) in [4.78, 5) is 11.1. The molecule has 2 heterocycles. The van der Waals surface area contributed by atoms with Gasteiger partial charge in [-0.15, -0.1) is 0 Å². The quantitative estimate of drug-likeness (QED) is 0.618. The fourth-order valence-electron chi connectivity index (χ4n) is 1.85. The highest BCUT2D eigenvalue weighted by Gasteiger charge is 2.15. The van der Waals surface area contributed by atoms with Crippen molar-refractivity contribution in [2.45, 2.75) is 6.10 Å². The van der Waals surface area contributed by atoms with E-state index in [9.17, 15) is 5.11 Å². The van der Waals surface area contributed by atoms with Gasteiger partial charge in [-0.05, 0) is 12.1 Å². The van der Waals surface area contributed by atoms with Crippen molar-refractivity contribution in [2.24, 2.45) is 5.16 Å². The molecule has 1 aliphatic heterocycles. The fraction of sp³-hybridized carbons (Fsp3) is 0.538. The van der Waals surface area contributed by atoms with Crippen LogP contribution in [0.1, 0.15) is 5.56 Å². The van der Waals surface area contributed by atoms with E-state index in [1.807, 2.05) is 0 Å². The topological polar surface area (TPSA) is 67.2 Å². The molecule has 2 rings (SSSR count). The van der Waals surface area contributed by atoms with Crippen molar-refractivity contribution in [1.82, 2.24) is 9.88 Å². The van der Waals surface area contributed by atoms with Gasteiger partial charge in [-0.3, -0.25) is 9.88 Å². The van der Waals surface area contributed by atoms with Gasteiger partial charge >= 0.3 is 0 Å². The number of aliphatic hydroxyl groups excluding tert-OH is 1. The van der Waals surface area contributed by atoms with E-state index >= 15 is 0 Å². The van der Waals surface area contributed by atoms with E-state index in [1.54, 1.807) is 24.5 Å². The first-order chi connectivity index (χ1) is 9.75. The van der Waals surface area contributed by atoms with Crippen molar-refractivity contribution in [1.29, 1.82) is 0 Å². The van der Waals surface area contributed by atoms with Crippen LogP contribution in [0, 0.1) is 0 Å². The lowest BCUT2D eigenvalue weighted by Crippen LogP contribution is -2.42. The average molecular weight is 300 g/mol. The van der Waals surface area contributed by atoms with Crippen LogP contribution in [0.15, 0.2) is 29.7 Å². The van der Waals surface area contributed by atoms with Gasteiger partial charge in [0.15, 0.2) is 5.17 Å². The summed E-state index contributed by atoms with van der Waals surface area (Å²) in [5.74, 6) is 0. The second-order valence-electron chi connectivity index (χ2n) is 4.49. The zero-order valence-corrected chi connectivity index (χ0v) is 11.9. The number of aliphatic hydroxyl groups is 1. The van der Waals surface area contributed by atoms with Gasteiger partial charge in [-0.1, -0.05) is 16.8 Å². The summed E-state index contributed by atoms with van der Waals surface area (Å²) >= 11 is 5.96. The van der Waals surface area contributed by atoms with E-state index < -0.39 is 6.10 Å². The molecule has 1 fully saturated rings. The molecule has 0 radical (unpaired) electrons. The Morgan fingerprint density at radius 3 is 3.05 bits per heavy atom. The van der Waals surface area contributed by atoms with Crippen LogP contribution in [0.2, 0.25) is 0 Å². The maximum Gasteiger partial charge on any atom is 0.177 e. The smallest absolute Gasteiger partial charge is 0.177 e. The molecule has 0 amide bonds. The third kappa shape index (κ3) is 5.05. The summed E-state index contributed by atoms with van der Waals surface area (Å²) in [5.41, 5.74) is 0.678. The molecule has 1 atom stereocenters. The summed E-state index contributed by atoms with van der Waals surface area (Å²) in [6.07, 6.45) is 2.65. The number of pyridine rings is 1. The Morgan fingerprint density at radius 2 is 2.35 bits per heavy atom. The Balaban J connectivity index is 1.71. The standard InChI is InChI=1S/C13H18ClN3O3/c14-13(11-2-1-3-15-8-11)16-20-10-12(18)9-17-4-6-19-7-5-17/h1-3,8,12,18H,4-7,9-10H2. The van der Waals surface area contributed by atoms with Gasteiger partial charge in [-0.25, -0.2) is 0 Å². The summed E-state index contributed by atoms with van der Waals surface area (Å²) < 4.78 is 5.24. The number of rotatable bonds is 6. The molecule has 1 aliphatic rings. The van der Waals surface area contributed by atoms with E-state index in [0.717, 1.165) is 13.1 Å². The summed E-state index contributed by atoms with van der Waals surface area (Å²) in [6, 6.07) is 3.55. The minimum absolute atomic E-state index is 0.105. The van der Waals surface area contributed by atoms with Crippen molar-refractivity contribution in [2.75, 3.05) is 39.5 Å². The van der Waals surface area contributed by atoms with Crippen LogP contribution in [0.5, 0.6) is 0 Å². The van der Waals surface area contributed by atoms with Crippen molar-refractivity contribution >= 4 is 16.8 Å². The minimum Gasteiger partial charge on any atom is -0.392 e. The van der Waals surface area contributed by atoms with Crippen LogP contribution in [-0.4, -0.2) is 65.7 Å². The number of nitrogens with zero attached hydrogens (tertiary/aromatic N) is 3. The average Bonchev–Trinajstić information content (AvgIpc) is 2.49. The largest absolute Gasteiger partial charge is 0.392 e. The molecular formula is C13H18ClN3O3. The van der Waals surface area contributed by atoms with E-state index in [4.69, 9.17) is 21.2 Å². The molecular weight excluding hydrogens is 282 g/mol. The maximum absolute atomic E-state index is 9.85. The highest BCUT2D eigenvalue weighted by molar-refractivity contribution is 6.69. The SMILES string of the molecule is OC(CON=C(Cl)c1cccnc1)CN1CCOCC1. The van der Waals surface area contributed by atoms with E-state index in [-0.39, 0.29) is 11.8 Å². The maximum atomic E-state index is 9.85. The van der Waals surface area contributed by atoms with Gasteiger partial charge in [-0.2, -0.15) is 0 Å². The lowest BCUT2D eigenvalue weighted by Gasteiger charge is -2.28. The lowest BCUT2D eigenvalue weighted by molar-refractivity contribution is -0.0129. The third-order valence-electron chi connectivity index (χ3n) is 2.88. The number of halogens is 1. The van der Waals surface area contributed by atoms with Crippen LogP contribution in [0.4, 0.5) is 0 Å². The van der Waals surface area contributed by atoms with Crippen molar-refractivity contribution < 1.29 is 14.7 Å². The highest BCUT2D eigenvalue weighted by Crippen LogP contribution is 2.04. The van der Waals surface area contributed by atoms with Gasteiger partial charge in [0, 0.05) is 37.6 Å². The molecule has 20 heavy (non-hydrogen) atoms. The Kier molecular flexibility index (Phi) is 6.20. The molecule has 0 aromatic carbocycles. The van der Waals surface area contributed by atoms with Gasteiger partial charge in [0.05, 0.1) is 13.2 Å². The second-order valence-corrected chi connectivity index (χ2v) is 4.84. The Labute approximate surface area is 122 Å². The molecule has 1 aromatic rings. The summed E-state index contributed by atoms with van der Waals surface area (Å²) in [7, 11) is 0. The zero-order chi connectivity index (χ0) is 14.2. The Morgan fingerprint density at radius 1 is 1.55 bits per heavy atom. The summed E-state index contributed by atoms with van der Waals surface area (Å²) in [6.45, 7) is 3.72. The zero-order valence-electron chi connectivity index (χ0n) is 11.1. The van der Waals surface area contributed by atoms with E-state index in [1.165, 1.54) is 0 Å². The van der Waals surface area contributed by atoms with Gasteiger partial charge in [0.25, 0.3) is 0 Å². The molecule has 1 unspecified atom stereocenters. The lowest BCUT2D eigenvalue weighted by atomic mass is 10.3. The first-order valence-corrected chi connectivity index (χ1v) is 6.87. The van der Waals surface area contributed by atoms with Crippen LogP contribution in [0.25, 0.3) is 0 Å². The fourth-order valence-corrected chi connectivity index (χ4v) is 2.01. The van der Waals surface area contributed by atoms with E-state index in [2.05, 4.69) is 15.0 Å². The number of hydrogen-bond donors (Lipinski definition) is 1. The Bertz CT molecular complexity index is 424. The molecule has 110 valence electrons. The minimum atomic E-state index is -0.602. The molecule has 1 N–H and O–H groups in total. The van der Waals surface area contributed by atoms with Crippen LogP contribution in [-0.2, 0) is 9.57 Å². The predicted molar refractivity (Wildman–Crippen MR) is 75.8 cm³/mol. The third-order valence-corrected chi connectivity index (χ3v) is 3.17. The van der Waals surface area contributed by atoms with Gasteiger partial charge < -0.3 is 14.7 Å². The number of oxime groups is 1. The number of morpholine rings is 1. The molecule has 6 nitrogen and oxygen atoms in total. The van der Waals surface area contributed by atoms with E-state index in [0.29, 0.717) is 25.3 Å². The number of aromatic nitrogens is 1. The molecule has 1 saturated heterocycles. The Hall–Kier alpha value is -1.21. The van der Waals surface area contributed by atoms with Crippen molar-refractivity contribution in [3.8, 4) is 0 Å². The first-order valence-electron chi connectivity index (χ1n) is 6.49. The first kappa shape index (κ1) is 15.2. The van der Waals surface area contributed by atoms with Crippen LogP contribution in [0.3, 0.4) is 0 Å².